The molecule has 5 heteroatoms. The van der Waals surface area contributed by atoms with Gasteiger partial charge in [-0.05, 0) is 64.7 Å². The number of H-pyrrole nitrogens is 1. The number of pyridine rings is 1. The number of furan rings is 1. The molecule has 42 heavy (non-hydrogen) atoms. The second-order valence-corrected chi connectivity index (χ2v) is 10.0. The van der Waals surface area contributed by atoms with E-state index >= 15 is 0 Å². The predicted octanol–water partition coefficient (Wildman–Crippen LogP) is 8.71. The third-order valence-corrected chi connectivity index (χ3v) is 7.43. The average molecular weight is 541 g/mol. The van der Waals surface area contributed by atoms with Crippen LogP contribution in [0.4, 0.5) is 0 Å². The molecule has 5 nitrogen and oxygen atoms in total. The van der Waals surface area contributed by atoms with Crippen molar-refractivity contribution in [2.24, 2.45) is 4.99 Å². The van der Waals surface area contributed by atoms with Gasteiger partial charge in [0.25, 0.3) is 0 Å². The summed E-state index contributed by atoms with van der Waals surface area (Å²) >= 11 is 0. The summed E-state index contributed by atoms with van der Waals surface area (Å²) in [7, 11) is 0. The van der Waals surface area contributed by atoms with E-state index in [1.54, 1.807) is 0 Å². The highest BCUT2D eigenvalue weighted by Crippen LogP contribution is 2.37. The summed E-state index contributed by atoms with van der Waals surface area (Å²) in [5.74, 6) is 0.179. The van der Waals surface area contributed by atoms with Crippen LogP contribution in [0.5, 0.6) is 0 Å². The number of benzene rings is 5. The molecule has 0 bridgehead atoms. The lowest BCUT2D eigenvalue weighted by molar-refractivity contribution is 0.670. The molecule has 0 atom stereocenters. The number of nitrogens with zero attached hydrogens (tertiary/aromatic N) is 2. The number of fused-ring (bicyclic) bond motifs is 3. The quantitative estimate of drug-likeness (QED) is 0.173. The van der Waals surface area contributed by atoms with Gasteiger partial charge in [-0.3, -0.25) is 5.41 Å². The second-order valence-electron chi connectivity index (χ2n) is 10.0. The maximum Gasteiger partial charge on any atom is 0.154 e. The van der Waals surface area contributed by atoms with Crippen LogP contribution < -0.4 is 5.49 Å². The largest absolute Gasteiger partial charge is 0.455 e. The molecule has 5 aromatic carbocycles. The summed E-state index contributed by atoms with van der Waals surface area (Å²) in [4.78, 5) is 7.87. The summed E-state index contributed by atoms with van der Waals surface area (Å²) in [6.07, 6.45) is 1.83. The van der Waals surface area contributed by atoms with E-state index in [1.165, 1.54) is 0 Å². The molecule has 0 aliphatic rings. The Hall–Kier alpha value is -5.99. The van der Waals surface area contributed by atoms with E-state index in [0.717, 1.165) is 60.9 Å². The molecule has 0 saturated heterocycles. The van der Waals surface area contributed by atoms with Crippen LogP contribution in [-0.2, 0) is 0 Å². The standard InChI is InChI=1S/C37H24N4O/c38-23-24-14-16-26(17-15-24)30-11-5-12-32-33-22-28(18-19-34(33)42-35(30)32)27-9-4-10-29(21-27)36(39)41-37-31(13-6-20-40-37)25-7-2-1-3-8-25/h1-22H,(H2,39,40,41). The van der Waals surface area contributed by atoms with Gasteiger partial charge in [0.15, 0.2) is 5.84 Å². The van der Waals surface area contributed by atoms with Crippen molar-refractivity contribution in [3.05, 3.63) is 150 Å². The van der Waals surface area contributed by atoms with Gasteiger partial charge in [0, 0.05) is 33.7 Å². The first-order chi connectivity index (χ1) is 20.7. The highest BCUT2D eigenvalue weighted by Gasteiger charge is 2.14. The highest BCUT2D eigenvalue weighted by molar-refractivity contribution is 6.10. The van der Waals surface area contributed by atoms with Crippen molar-refractivity contribution in [3.8, 4) is 39.4 Å². The monoisotopic (exact) mass is 540 g/mol. The van der Waals surface area contributed by atoms with E-state index in [-0.39, 0.29) is 5.84 Å². The Morgan fingerprint density at radius 3 is 2.21 bits per heavy atom. The molecule has 0 radical (unpaired) electrons. The molecule has 2 heterocycles. The van der Waals surface area contributed by atoms with Gasteiger partial charge in [0.2, 0.25) is 0 Å². The molecule has 7 aromatic rings. The average Bonchev–Trinajstić information content (AvgIpc) is 3.44. The number of aromatic amines is 1. The molecule has 0 aliphatic heterocycles. The number of para-hydroxylation sites is 1. The lowest BCUT2D eigenvalue weighted by atomic mass is 9.99. The van der Waals surface area contributed by atoms with Gasteiger partial charge in [-0.15, -0.1) is 0 Å². The van der Waals surface area contributed by atoms with Crippen LogP contribution in [0.15, 0.2) is 143 Å². The first-order valence-electron chi connectivity index (χ1n) is 13.6. The minimum absolute atomic E-state index is 0.179. The molecule has 0 aliphatic carbocycles. The van der Waals surface area contributed by atoms with Crippen molar-refractivity contribution < 1.29 is 4.42 Å². The Labute approximate surface area is 242 Å². The third kappa shape index (κ3) is 4.57. The van der Waals surface area contributed by atoms with Crippen LogP contribution in [0.2, 0.25) is 0 Å². The van der Waals surface area contributed by atoms with Crippen molar-refractivity contribution in [3.63, 3.8) is 0 Å². The van der Waals surface area contributed by atoms with Gasteiger partial charge in [0.05, 0.1) is 11.6 Å². The van der Waals surface area contributed by atoms with Gasteiger partial charge < -0.3 is 9.40 Å². The first-order valence-corrected chi connectivity index (χ1v) is 13.6. The molecule has 198 valence electrons. The van der Waals surface area contributed by atoms with E-state index in [9.17, 15) is 0 Å². The van der Waals surface area contributed by atoms with Gasteiger partial charge >= 0.3 is 0 Å². The van der Waals surface area contributed by atoms with E-state index in [0.29, 0.717) is 11.1 Å². The fourth-order valence-corrected chi connectivity index (χ4v) is 5.32. The van der Waals surface area contributed by atoms with Crippen molar-refractivity contribution in [1.29, 1.82) is 10.7 Å². The van der Waals surface area contributed by atoms with Crippen molar-refractivity contribution >= 4 is 27.8 Å². The predicted molar refractivity (Wildman–Crippen MR) is 168 cm³/mol. The molecule has 0 amide bonds. The maximum absolute atomic E-state index is 9.17. The van der Waals surface area contributed by atoms with E-state index in [1.807, 2.05) is 121 Å². The number of hydrogen-bond acceptors (Lipinski definition) is 3. The molecule has 0 fully saturated rings. The van der Waals surface area contributed by atoms with Gasteiger partial charge in [-0.25, -0.2) is 4.99 Å². The number of nitriles is 1. The zero-order valence-corrected chi connectivity index (χ0v) is 22.5. The molecule has 7 rings (SSSR count). The molecule has 0 saturated carbocycles. The second kappa shape index (κ2) is 10.5. The van der Waals surface area contributed by atoms with Crippen LogP contribution >= 0.6 is 0 Å². The van der Waals surface area contributed by atoms with Gasteiger partial charge in [0.1, 0.15) is 16.7 Å². The Morgan fingerprint density at radius 2 is 1.38 bits per heavy atom. The fourth-order valence-electron chi connectivity index (χ4n) is 5.32. The number of amidine groups is 1. The highest BCUT2D eigenvalue weighted by atomic mass is 16.3. The minimum atomic E-state index is 0.179. The minimum Gasteiger partial charge on any atom is -0.455 e. The summed E-state index contributed by atoms with van der Waals surface area (Å²) in [6.45, 7) is 0. The number of aromatic nitrogens is 1. The molecular weight excluding hydrogens is 516 g/mol. The summed E-state index contributed by atoms with van der Waals surface area (Å²) in [5, 5.41) is 20.0. The molecule has 2 aromatic heterocycles. The Kier molecular flexibility index (Phi) is 6.27. The third-order valence-electron chi connectivity index (χ3n) is 7.43. The molecular formula is C37H24N4O. The van der Waals surface area contributed by atoms with Gasteiger partial charge in [-0.2, -0.15) is 5.26 Å². The number of rotatable bonds is 4. The first kappa shape index (κ1) is 25.0. The SMILES string of the molecule is N#Cc1ccc(-c2cccc3c2oc2ccc(-c4cccc(C(=N)N=c5[nH]cccc5-c5ccccc5)c4)cc23)cc1. The molecule has 0 unspecified atom stereocenters. The zero-order valence-electron chi connectivity index (χ0n) is 22.5. The summed E-state index contributed by atoms with van der Waals surface area (Å²) in [5.41, 5.74) is 9.61. The smallest absolute Gasteiger partial charge is 0.154 e. The fraction of sp³-hybridized carbons (Fsp3) is 0. The van der Waals surface area contributed by atoms with Crippen LogP contribution in [-0.4, -0.2) is 10.8 Å². The zero-order chi connectivity index (χ0) is 28.5. The molecule has 0 spiro atoms. The lowest BCUT2D eigenvalue weighted by Gasteiger charge is -2.06. The van der Waals surface area contributed by atoms with Crippen LogP contribution in [0.25, 0.3) is 55.3 Å². The summed E-state index contributed by atoms with van der Waals surface area (Å²) < 4.78 is 6.34. The Bertz CT molecular complexity index is 2220. The van der Waals surface area contributed by atoms with Gasteiger partial charge in [-0.1, -0.05) is 84.9 Å². The number of hydrogen-bond donors (Lipinski definition) is 2. The van der Waals surface area contributed by atoms with E-state index in [2.05, 4.69) is 28.2 Å². The van der Waals surface area contributed by atoms with Crippen LogP contribution in [0.1, 0.15) is 11.1 Å². The van der Waals surface area contributed by atoms with Crippen molar-refractivity contribution in [1.82, 2.24) is 4.98 Å². The Balaban J connectivity index is 1.26. The van der Waals surface area contributed by atoms with Crippen LogP contribution in [0, 0.1) is 16.7 Å². The van der Waals surface area contributed by atoms with Crippen molar-refractivity contribution in [2.45, 2.75) is 0 Å². The lowest BCUT2D eigenvalue weighted by Crippen LogP contribution is -2.13. The number of nitrogens with one attached hydrogen (secondary N) is 2. The maximum atomic E-state index is 9.17. The van der Waals surface area contributed by atoms with E-state index < -0.39 is 0 Å². The van der Waals surface area contributed by atoms with E-state index in [4.69, 9.17) is 15.1 Å². The topological polar surface area (TPSA) is 88.9 Å². The Morgan fingerprint density at radius 1 is 0.667 bits per heavy atom. The molecule has 2 N–H and O–H groups in total. The summed E-state index contributed by atoms with van der Waals surface area (Å²) in [6, 6.07) is 44.0. The van der Waals surface area contributed by atoms with Crippen LogP contribution in [0.3, 0.4) is 0 Å². The normalized spacial score (nSPS) is 11.5. The van der Waals surface area contributed by atoms with Crippen molar-refractivity contribution in [2.75, 3.05) is 0 Å².